The summed E-state index contributed by atoms with van der Waals surface area (Å²) in [5.74, 6) is 0. The third kappa shape index (κ3) is 4.47. The summed E-state index contributed by atoms with van der Waals surface area (Å²) in [6.07, 6.45) is -0.0545. The monoisotopic (exact) mass is 256 g/mol. The highest BCUT2D eigenvalue weighted by atomic mass is 31.2. The molecular formula is C13H19O3P. The molecule has 4 heteroatoms. The van der Waals surface area contributed by atoms with Crippen molar-refractivity contribution in [1.82, 2.24) is 0 Å². The molecule has 0 bridgehead atoms. The molecule has 0 aliphatic carbocycles. The molecule has 17 heavy (non-hydrogen) atoms. The first-order chi connectivity index (χ1) is 9.02. The molecule has 0 amide bonds. The van der Waals surface area contributed by atoms with Gasteiger partial charge in [0.25, 0.3) is 0 Å². The lowest BCUT2D eigenvalue weighted by molar-refractivity contribution is 0.223. The predicted octanol–water partition coefficient (Wildman–Crippen LogP) is 3.97. The summed E-state index contributed by atoms with van der Waals surface area (Å²) in [6.45, 7) is 3.64. The van der Waals surface area contributed by atoms with E-state index in [9.17, 15) is 4.57 Å². The third-order valence-electron chi connectivity index (χ3n) is 2.13. The van der Waals surface area contributed by atoms with Crippen LogP contribution in [-0.4, -0.2) is 19.4 Å². The number of hydrogen-bond donors (Lipinski definition) is 0. The van der Waals surface area contributed by atoms with E-state index < -0.39 is 7.60 Å². The van der Waals surface area contributed by atoms with Crippen LogP contribution in [0.4, 0.5) is 0 Å². The van der Waals surface area contributed by atoms with E-state index in [2.05, 4.69) is 0 Å². The molecule has 0 atom stereocenters. The molecule has 0 heterocycles. The van der Waals surface area contributed by atoms with Gasteiger partial charge in [-0.1, -0.05) is 36.9 Å². The zero-order chi connectivity index (χ0) is 14.3. The topological polar surface area (TPSA) is 35.5 Å². The van der Waals surface area contributed by atoms with Gasteiger partial charge < -0.3 is 9.05 Å². The van der Waals surface area contributed by atoms with Gasteiger partial charge in [0.05, 0.1) is 22.1 Å². The normalized spacial score (nSPS) is 12.8. The van der Waals surface area contributed by atoms with Crippen LogP contribution in [0.3, 0.4) is 0 Å². The number of benzene rings is 1. The van der Waals surface area contributed by atoms with Crippen LogP contribution in [0.5, 0.6) is 0 Å². The summed E-state index contributed by atoms with van der Waals surface area (Å²) >= 11 is 0. The van der Waals surface area contributed by atoms with E-state index >= 15 is 0 Å². The highest BCUT2D eigenvalue weighted by molar-refractivity contribution is 7.54. The molecule has 0 aliphatic rings. The number of allylic oxidation sites excluding steroid dienone is 1. The van der Waals surface area contributed by atoms with Crippen LogP contribution in [0.2, 0.25) is 0 Å². The van der Waals surface area contributed by atoms with Crippen LogP contribution >= 0.6 is 7.60 Å². The highest BCUT2D eigenvalue weighted by Gasteiger charge is 2.24. The Labute approximate surface area is 106 Å². The molecule has 0 saturated heterocycles. The molecule has 0 radical (unpaired) electrons. The Morgan fingerprint density at radius 2 is 1.88 bits per heavy atom. The summed E-state index contributed by atoms with van der Waals surface area (Å²) in [5.41, 5.74) is 1.06. The van der Waals surface area contributed by atoms with Crippen LogP contribution in [-0.2, 0) is 13.6 Å². The van der Waals surface area contributed by atoms with E-state index in [0.717, 1.165) is 0 Å². The van der Waals surface area contributed by atoms with Gasteiger partial charge in [-0.2, -0.15) is 0 Å². The summed E-state index contributed by atoms with van der Waals surface area (Å²) in [5, 5.41) is 0. The van der Waals surface area contributed by atoms with Crippen molar-refractivity contribution in [2.75, 3.05) is 19.4 Å². The van der Waals surface area contributed by atoms with E-state index in [1.54, 1.807) is 26.0 Å². The maximum Gasteiger partial charge on any atom is 0.335 e. The number of hydrogen-bond acceptors (Lipinski definition) is 3. The Kier molecular flexibility index (Phi) is 4.45. The fraction of sp³-hybridized carbons (Fsp3) is 0.385. The highest BCUT2D eigenvalue weighted by Crippen LogP contribution is 2.50. The fourth-order valence-electron chi connectivity index (χ4n) is 1.45. The molecule has 0 unspecified atom stereocenters. The Balaban J connectivity index is 3.03. The van der Waals surface area contributed by atoms with Gasteiger partial charge in [-0.15, -0.1) is 0 Å². The van der Waals surface area contributed by atoms with Crippen LogP contribution in [0.25, 0.3) is 5.57 Å². The van der Waals surface area contributed by atoms with Gasteiger partial charge in [-0.3, -0.25) is 4.57 Å². The molecule has 94 valence electrons. The number of rotatable bonds is 7. The Hall–Kier alpha value is -0.890. The zero-order valence-electron chi connectivity index (χ0n) is 12.2. The molecule has 3 nitrogen and oxygen atoms in total. The average Bonchev–Trinajstić information content (AvgIpc) is 2.37. The molecule has 0 N–H and O–H groups in total. The Bertz CT molecular complexity index is 460. The largest absolute Gasteiger partial charge is 0.335 e. The zero-order valence-corrected chi connectivity index (χ0v) is 11.1. The molecule has 1 aromatic rings. The first kappa shape index (κ1) is 11.2. The van der Waals surface area contributed by atoms with Crippen LogP contribution in [0, 0.1) is 0 Å². The average molecular weight is 256 g/mol. The molecule has 1 rings (SSSR count). The van der Waals surface area contributed by atoms with E-state index in [4.69, 9.17) is 11.8 Å². The van der Waals surface area contributed by atoms with Crippen molar-refractivity contribution < 1.29 is 16.4 Å². The standard InChI is InChI=1S/C13H19O3P/c1-4-15-17(14,16-5-2)11-12(3)13-9-7-6-8-10-13/h6-10H,3-5,11H2,1-2H3/i3D2. The second-order valence-corrected chi connectivity index (χ2v) is 5.50. The Morgan fingerprint density at radius 3 is 2.35 bits per heavy atom. The molecular weight excluding hydrogens is 235 g/mol. The SMILES string of the molecule is [2H]C([2H])=C(CP(=O)(OCC)OCC)c1ccccc1. The minimum atomic E-state index is -3.29. The first-order valence-electron chi connectivity index (χ1n) is 6.62. The van der Waals surface area contributed by atoms with Crippen molar-refractivity contribution >= 4 is 13.2 Å². The van der Waals surface area contributed by atoms with Crippen LogP contribution in [0.1, 0.15) is 22.2 Å². The fourth-order valence-corrected chi connectivity index (χ4v) is 3.06. The van der Waals surface area contributed by atoms with Gasteiger partial charge in [0.15, 0.2) is 0 Å². The summed E-state index contributed by atoms with van der Waals surface area (Å²) < 4.78 is 37.9. The van der Waals surface area contributed by atoms with Crippen molar-refractivity contribution in [3.8, 4) is 0 Å². The van der Waals surface area contributed by atoms with Crippen LogP contribution < -0.4 is 0 Å². The van der Waals surface area contributed by atoms with Gasteiger partial charge in [0.1, 0.15) is 0 Å². The molecule has 0 aromatic heterocycles. The van der Waals surface area contributed by atoms with Crippen molar-refractivity contribution in [3.63, 3.8) is 0 Å². The minimum Gasteiger partial charge on any atom is -0.309 e. The van der Waals surface area contributed by atoms with Crippen LogP contribution in [0.15, 0.2) is 36.9 Å². The van der Waals surface area contributed by atoms with Gasteiger partial charge in [0.2, 0.25) is 0 Å². The van der Waals surface area contributed by atoms with Crippen molar-refractivity contribution in [2.24, 2.45) is 0 Å². The van der Waals surface area contributed by atoms with E-state index in [1.165, 1.54) is 0 Å². The lowest BCUT2D eigenvalue weighted by Gasteiger charge is -2.18. The van der Waals surface area contributed by atoms with Gasteiger partial charge in [-0.05, 0) is 25.0 Å². The van der Waals surface area contributed by atoms with E-state index in [-0.39, 0.29) is 25.9 Å². The summed E-state index contributed by atoms with van der Waals surface area (Å²) in [7, 11) is -3.29. The second kappa shape index (κ2) is 6.75. The second-order valence-electron chi connectivity index (χ2n) is 3.45. The minimum absolute atomic E-state index is 0.0545. The summed E-state index contributed by atoms with van der Waals surface area (Å²) in [4.78, 5) is 0. The lowest BCUT2D eigenvalue weighted by atomic mass is 10.1. The molecule has 0 spiro atoms. The third-order valence-corrected chi connectivity index (χ3v) is 4.13. The summed E-state index contributed by atoms with van der Waals surface area (Å²) in [6, 6.07) is 9.02. The quantitative estimate of drug-likeness (QED) is 0.692. The van der Waals surface area contributed by atoms with Gasteiger partial charge in [-0.25, -0.2) is 0 Å². The molecule has 0 aliphatic heterocycles. The van der Waals surface area contributed by atoms with Crippen molar-refractivity contribution in [1.29, 1.82) is 0 Å². The lowest BCUT2D eigenvalue weighted by Crippen LogP contribution is -2.01. The molecule has 0 fully saturated rings. The maximum atomic E-state index is 12.5. The van der Waals surface area contributed by atoms with Crippen molar-refractivity contribution in [2.45, 2.75) is 13.8 Å². The molecule has 0 saturated carbocycles. The smallest absolute Gasteiger partial charge is 0.309 e. The Morgan fingerprint density at radius 1 is 1.29 bits per heavy atom. The van der Waals surface area contributed by atoms with E-state index in [1.807, 2.05) is 18.2 Å². The van der Waals surface area contributed by atoms with E-state index in [0.29, 0.717) is 11.1 Å². The first-order valence-corrected chi connectivity index (χ1v) is 7.35. The molecule has 1 aromatic carbocycles. The van der Waals surface area contributed by atoms with Gasteiger partial charge in [0, 0.05) is 0 Å². The predicted molar refractivity (Wildman–Crippen MR) is 71.2 cm³/mol. The van der Waals surface area contributed by atoms with Gasteiger partial charge >= 0.3 is 7.60 Å². The maximum absolute atomic E-state index is 12.5. The van der Waals surface area contributed by atoms with Crippen molar-refractivity contribution in [3.05, 3.63) is 42.4 Å².